The molecule has 0 saturated carbocycles. The first-order chi connectivity index (χ1) is 6.84. The third kappa shape index (κ3) is 1.47. The third-order valence-electron chi connectivity index (χ3n) is 3.61. The fraction of sp³-hybridized carbons (Fsp3) is 1.00. The number of rotatable bonds is 0. The molecule has 76 valence electrons. The smallest absolute Gasteiger partial charge is 0.350 e. The highest BCUT2D eigenvalue weighted by molar-refractivity contribution is 6.72. The lowest BCUT2D eigenvalue weighted by Gasteiger charge is -2.54. The number of nitrogens with zero attached hydrogens (tertiary/aromatic N) is 4. The fourth-order valence-electron chi connectivity index (χ4n) is 3.17. The monoisotopic (exact) mass is 208 g/mol. The van der Waals surface area contributed by atoms with Crippen LogP contribution in [0.3, 0.4) is 0 Å². The van der Waals surface area contributed by atoms with Crippen molar-refractivity contribution in [1.82, 2.24) is 18.5 Å². The van der Waals surface area contributed by atoms with E-state index in [1.54, 1.807) is 0 Å². The number of hydrogen-bond acceptors (Lipinski definition) is 4. The van der Waals surface area contributed by atoms with Crippen LogP contribution in [0.5, 0.6) is 0 Å². The standard InChI is InChI=1S/C7H18B2N4Si/c1-10-8-12-6-2-4-11-5-3-7-13(14-10)9(11)12/h8H,2-7,14H2,1H3. The van der Waals surface area contributed by atoms with E-state index in [0.29, 0.717) is 7.12 Å². The molecule has 14 heavy (non-hydrogen) atoms. The van der Waals surface area contributed by atoms with Crippen molar-refractivity contribution in [2.45, 2.75) is 12.8 Å². The summed E-state index contributed by atoms with van der Waals surface area (Å²) in [5.74, 6) is 0. The molecule has 3 aliphatic rings. The van der Waals surface area contributed by atoms with Crippen LogP contribution in [0.15, 0.2) is 0 Å². The maximum Gasteiger partial charge on any atom is 0.386 e. The first-order valence-electron chi connectivity index (χ1n) is 5.75. The van der Waals surface area contributed by atoms with Crippen molar-refractivity contribution >= 4 is 24.5 Å². The molecule has 0 N–H and O–H groups in total. The highest BCUT2D eigenvalue weighted by Crippen LogP contribution is 2.20. The van der Waals surface area contributed by atoms with Gasteiger partial charge in [0.05, 0.1) is 0 Å². The summed E-state index contributed by atoms with van der Waals surface area (Å²) < 4.78 is 7.97. The van der Waals surface area contributed by atoms with Gasteiger partial charge in [0.25, 0.3) is 7.55 Å². The van der Waals surface area contributed by atoms with Gasteiger partial charge in [-0.25, -0.2) is 0 Å². The van der Waals surface area contributed by atoms with Crippen LogP contribution in [0, 0.1) is 0 Å². The zero-order chi connectivity index (χ0) is 9.54. The summed E-state index contributed by atoms with van der Waals surface area (Å²) in [4.78, 5) is 2.69. The number of hydrogen-bond donors (Lipinski definition) is 0. The maximum absolute atomic E-state index is 2.76. The zero-order valence-corrected chi connectivity index (χ0v) is 10.4. The molecule has 7 heteroatoms. The first-order valence-corrected chi connectivity index (χ1v) is 7.02. The SMILES string of the molecule is CN1BN2CCCN3CCCN([SiH2]1)B23. The van der Waals surface area contributed by atoms with Crippen LogP contribution < -0.4 is 0 Å². The predicted molar refractivity (Wildman–Crippen MR) is 63.4 cm³/mol. The van der Waals surface area contributed by atoms with Crippen molar-refractivity contribution in [1.29, 1.82) is 0 Å². The van der Waals surface area contributed by atoms with Crippen LogP contribution >= 0.6 is 0 Å². The van der Waals surface area contributed by atoms with Gasteiger partial charge in [0.1, 0.15) is 0 Å². The molecule has 3 saturated heterocycles. The van der Waals surface area contributed by atoms with Crippen molar-refractivity contribution in [3.05, 3.63) is 0 Å². The van der Waals surface area contributed by atoms with Crippen molar-refractivity contribution in [2.75, 3.05) is 33.2 Å². The van der Waals surface area contributed by atoms with E-state index in [1.165, 1.54) is 46.6 Å². The highest BCUT2D eigenvalue weighted by Gasteiger charge is 2.44. The van der Waals surface area contributed by atoms with E-state index in [0.717, 1.165) is 0 Å². The Labute approximate surface area is 89.6 Å². The summed E-state index contributed by atoms with van der Waals surface area (Å²) in [6.45, 7) is 5.30. The Hall–Kier alpha value is 0.187. The van der Waals surface area contributed by atoms with Gasteiger partial charge in [-0.1, -0.05) is 0 Å². The van der Waals surface area contributed by atoms with Crippen LogP contribution in [-0.2, 0) is 0 Å². The predicted octanol–water partition coefficient (Wildman–Crippen LogP) is -2.10. The fourth-order valence-corrected chi connectivity index (χ4v) is 5.11. The Bertz CT molecular complexity index is 212. The van der Waals surface area contributed by atoms with Crippen LogP contribution in [-0.4, -0.2) is 76.2 Å². The van der Waals surface area contributed by atoms with Crippen molar-refractivity contribution in [3.8, 4) is 0 Å². The van der Waals surface area contributed by atoms with Gasteiger partial charge in [0, 0.05) is 0 Å². The topological polar surface area (TPSA) is 13.0 Å². The van der Waals surface area contributed by atoms with Crippen LogP contribution in [0.4, 0.5) is 0 Å². The Morgan fingerprint density at radius 1 is 1.14 bits per heavy atom. The quantitative estimate of drug-likeness (QED) is 0.422. The van der Waals surface area contributed by atoms with Crippen molar-refractivity contribution in [2.24, 2.45) is 0 Å². The minimum absolute atomic E-state index is 0.116. The molecule has 0 spiro atoms. The normalized spacial score (nSPS) is 33.1. The van der Waals surface area contributed by atoms with Crippen molar-refractivity contribution < 1.29 is 0 Å². The van der Waals surface area contributed by atoms with Gasteiger partial charge in [-0.3, -0.25) is 0 Å². The average Bonchev–Trinajstić information content (AvgIpc) is 2.18. The molecule has 0 radical (unpaired) electrons. The van der Waals surface area contributed by atoms with Gasteiger partial charge in [-0.15, -0.1) is 0 Å². The summed E-state index contributed by atoms with van der Waals surface area (Å²) in [5, 5.41) is 0. The molecule has 0 atom stereocenters. The van der Waals surface area contributed by atoms with Gasteiger partial charge in [-0.05, 0) is 46.1 Å². The molecule has 3 rings (SSSR count). The second-order valence-electron chi connectivity index (χ2n) is 4.85. The van der Waals surface area contributed by atoms with Crippen LogP contribution in [0.25, 0.3) is 0 Å². The average molecular weight is 208 g/mol. The summed E-state index contributed by atoms with van der Waals surface area (Å²) in [7, 11) is 4.08. The molecule has 4 nitrogen and oxygen atoms in total. The highest BCUT2D eigenvalue weighted by atomic mass is 28.2. The molecule has 0 unspecified atom stereocenters. The molecule has 0 bridgehead atoms. The Morgan fingerprint density at radius 3 is 2.79 bits per heavy atom. The molecular formula is C7H18B2N4Si. The summed E-state index contributed by atoms with van der Waals surface area (Å²) in [6, 6.07) is 0. The van der Waals surface area contributed by atoms with Crippen LogP contribution in [0.1, 0.15) is 12.8 Å². The molecular weight excluding hydrogens is 190 g/mol. The largest absolute Gasteiger partial charge is 0.386 e. The summed E-state index contributed by atoms with van der Waals surface area (Å²) in [6.07, 6.45) is 2.74. The molecule has 0 aliphatic carbocycles. The van der Waals surface area contributed by atoms with E-state index in [2.05, 4.69) is 25.5 Å². The van der Waals surface area contributed by atoms with E-state index < -0.39 is 0 Å². The molecule has 0 aromatic heterocycles. The second-order valence-corrected chi connectivity index (χ2v) is 7.03. The van der Waals surface area contributed by atoms with E-state index >= 15 is 0 Å². The van der Waals surface area contributed by atoms with Gasteiger partial charge in [0.15, 0.2) is 9.84 Å². The first kappa shape index (κ1) is 9.42. The summed E-state index contributed by atoms with van der Waals surface area (Å²) >= 11 is 0. The van der Waals surface area contributed by atoms with E-state index in [9.17, 15) is 0 Å². The minimum atomic E-state index is -0.116. The Morgan fingerprint density at radius 2 is 1.93 bits per heavy atom. The molecule has 3 fully saturated rings. The lowest BCUT2D eigenvalue weighted by Crippen LogP contribution is -2.76. The van der Waals surface area contributed by atoms with Gasteiger partial charge in [0.2, 0.25) is 0 Å². The summed E-state index contributed by atoms with van der Waals surface area (Å²) in [5.41, 5.74) is 0. The zero-order valence-electron chi connectivity index (χ0n) is 9.02. The van der Waals surface area contributed by atoms with E-state index in [4.69, 9.17) is 0 Å². The molecule has 3 heterocycles. The third-order valence-corrected chi connectivity index (χ3v) is 5.30. The maximum atomic E-state index is 2.76. The van der Waals surface area contributed by atoms with Gasteiger partial charge in [-0.2, -0.15) is 0 Å². The molecule has 0 aromatic carbocycles. The van der Waals surface area contributed by atoms with E-state index in [1.807, 2.05) is 0 Å². The molecule has 0 amide bonds. The lowest BCUT2D eigenvalue weighted by molar-refractivity contribution is 0.255. The van der Waals surface area contributed by atoms with Gasteiger partial charge < -0.3 is 18.5 Å². The van der Waals surface area contributed by atoms with Crippen LogP contribution in [0.2, 0.25) is 0 Å². The lowest BCUT2D eigenvalue weighted by atomic mass is 9.74. The molecule has 3 aliphatic heterocycles. The Balaban J connectivity index is 1.82. The van der Waals surface area contributed by atoms with Gasteiger partial charge >= 0.3 is 7.12 Å². The minimum Gasteiger partial charge on any atom is -0.350 e. The Kier molecular flexibility index (Phi) is 2.45. The van der Waals surface area contributed by atoms with E-state index in [-0.39, 0.29) is 9.84 Å². The molecule has 0 aromatic rings. The second kappa shape index (κ2) is 3.64. The van der Waals surface area contributed by atoms with Crippen molar-refractivity contribution in [3.63, 3.8) is 0 Å².